The van der Waals surface area contributed by atoms with Crippen molar-refractivity contribution in [3.8, 4) is 0 Å². The normalized spacial score (nSPS) is 14.0. The summed E-state index contributed by atoms with van der Waals surface area (Å²) in [5.41, 5.74) is 2.07. The molecule has 0 aliphatic carbocycles. The molecule has 2 unspecified atom stereocenters. The molecule has 0 saturated carbocycles. The van der Waals surface area contributed by atoms with Crippen molar-refractivity contribution in [3.63, 3.8) is 0 Å². The maximum Gasteiger partial charge on any atom is 0.0879 e. The van der Waals surface area contributed by atoms with Gasteiger partial charge in [-0.3, -0.25) is 4.98 Å². The van der Waals surface area contributed by atoms with Crippen molar-refractivity contribution in [1.29, 1.82) is 0 Å². The van der Waals surface area contributed by atoms with Crippen LogP contribution in [0.15, 0.2) is 67.0 Å². The second-order valence-electron chi connectivity index (χ2n) is 5.32. The number of pyridine rings is 1. The molecule has 2 nitrogen and oxygen atoms in total. The first-order chi connectivity index (χ1) is 10.3. The molecule has 0 radical (unpaired) electrons. The summed E-state index contributed by atoms with van der Waals surface area (Å²) in [6, 6.07) is 18.3. The Kier molecular flexibility index (Phi) is 3.98. The zero-order chi connectivity index (χ0) is 14.7. The van der Waals surface area contributed by atoms with Gasteiger partial charge in [-0.05, 0) is 17.4 Å². The van der Waals surface area contributed by atoms with E-state index in [0.29, 0.717) is 0 Å². The molecular formula is C19H19NO. The molecule has 3 aromatic rings. The maximum absolute atomic E-state index is 10.9. The lowest BCUT2D eigenvalue weighted by Gasteiger charge is -2.23. The third kappa shape index (κ3) is 2.67. The Hall–Kier alpha value is -2.19. The quantitative estimate of drug-likeness (QED) is 0.763. The number of rotatable bonds is 4. The van der Waals surface area contributed by atoms with Gasteiger partial charge < -0.3 is 5.11 Å². The van der Waals surface area contributed by atoms with Crippen molar-refractivity contribution < 1.29 is 5.11 Å². The average molecular weight is 277 g/mol. The van der Waals surface area contributed by atoms with Gasteiger partial charge in [0.1, 0.15) is 0 Å². The van der Waals surface area contributed by atoms with Crippen LogP contribution in [0.2, 0.25) is 0 Å². The molecule has 0 fully saturated rings. The Bertz CT molecular complexity index is 718. The standard InChI is InChI=1S/C19H19NO/c1-2-16(14-8-4-3-5-9-14)19(21)18-13-20-12-15-10-6-7-11-17(15)18/h3-13,16,19,21H,2H2,1H3. The molecule has 1 N–H and O–H groups in total. The van der Waals surface area contributed by atoms with E-state index in [4.69, 9.17) is 0 Å². The first-order valence-corrected chi connectivity index (χ1v) is 7.37. The Morgan fingerprint density at radius 1 is 0.952 bits per heavy atom. The van der Waals surface area contributed by atoms with Gasteiger partial charge in [0.25, 0.3) is 0 Å². The number of aromatic nitrogens is 1. The van der Waals surface area contributed by atoms with Crippen LogP contribution >= 0.6 is 0 Å². The summed E-state index contributed by atoms with van der Waals surface area (Å²) in [5.74, 6) is 0.0822. The minimum atomic E-state index is -0.545. The topological polar surface area (TPSA) is 33.1 Å². The molecule has 0 spiro atoms. The molecule has 0 saturated heterocycles. The van der Waals surface area contributed by atoms with Gasteiger partial charge in [0, 0.05) is 29.3 Å². The van der Waals surface area contributed by atoms with E-state index in [2.05, 4.69) is 24.0 Å². The van der Waals surface area contributed by atoms with Gasteiger partial charge in [0.2, 0.25) is 0 Å². The predicted octanol–water partition coefficient (Wildman–Crippen LogP) is 4.46. The van der Waals surface area contributed by atoms with Gasteiger partial charge in [-0.1, -0.05) is 61.5 Å². The van der Waals surface area contributed by atoms with Crippen LogP contribution in [0.3, 0.4) is 0 Å². The molecule has 1 aromatic heterocycles. The van der Waals surface area contributed by atoms with Crippen molar-refractivity contribution in [1.82, 2.24) is 4.98 Å². The van der Waals surface area contributed by atoms with E-state index in [-0.39, 0.29) is 5.92 Å². The zero-order valence-corrected chi connectivity index (χ0v) is 12.1. The summed E-state index contributed by atoms with van der Waals surface area (Å²) >= 11 is 0. The number of nitrogens with zero attached hydrogens (tertiary/aromatic N) is 1. The first kappa shape index (κ1) is 13.8. The van der Waals surface area contributed by atoms with E-state index >= 15 is 0 Å². The lowest BCUT2D eigenvalue weighted by Crippen LogP contribution is -2.11. The van der Waals surface area contributed by atoms with Gasteiger partial charge >= 0.3 is 0 Å². The summed E-state index contributed by atoms with van der Waals surface area (Å²) in [6.45, 7) is 2.11. The van der Waals surface area contributed by atoms with E-state index in [1.807, 2.05) is 48.7 Å². The third-order valence-corrected chi connectivity index (χ3v) is 4.07. The highest BCUT2D eigenvalue weighted by Gasteiger charge is 2.22. The van der Waals surface area contributed by atoms with Crippen LogP contribution in [0.5, 0.6) is 0 Å². The Balaban J connectivity index is 2.05. The second kappa shape index (κ2) is 6.06. The molecule has 0 aliphatic heterocycles. The van der Waals surface area contributed by atoms with Crippen LogP contribution in [0.4, 0.5) is 0 Å². The molecule has 21 heavy (non-hydrogen) atoms. The minimum absolute atomic E-state index is 0.0822. The lowest BCUT2D eigenvalue weighted by atomic mass is 9.86. The van der Waals surface area contributed by atoms with Crippen molar-refractivity contribution in [2.45, 2.75) is 25.4 Å². The van der Waals surface area contributed by atoms with Gasteiger partial charge in [-0.25, -0.2) is 0 Å². The smallest absolute Gasteiger partial charge is 0.0879 e. The third-order valence-electron chi connectivity index (χ3n) is 4.07. The SMILES string of the molecule is CCC(c1ccccc1)C(O)c1cncc2ccccc12. The molecule has 1 heterocycles. The lowest BCUT2D eigenvalue weighted by molar-refractivity contribution is 0.143. The van der Waals surface area contributed by atoms with E-state index in [9.17, 15) is 5.11 Å². The fraction of sp³-hybridized carbons (Fsp3) is 0.211. The predicted molar refractivity (Wildman–Crippen MR) is 86.2 cm³/mol. The van der Waals surface area contributed by atoms with Gasteiger partial charge in [0.15, 0.2) is 0 Å². The number of benzene rings is 2. The Morgan fingerprint density at radius 2 is 1.67 bits per heavy atom. The van der Waals surface area contributed by atoms with Crippen molar-refractivity contribution in [2.75, 3.05) is 0 Å². The summed E-state index contributed by atoms with van der Waals surface area (Å²) < 4.78 is 0. The molecule has 106 valence electrons. The van der Waals surface area contributed by atoms with Gasteiger partial charge in [0.05, 0.1) is 6.10 Å². The minimum Gasteiger partial charge on any atom is -0.388 e. The van der Waals surface area contributed by atoms with Crippen molar-refractivity contribution >= 4 is 10.8 Å². The maximum atomic E-state index is 10.9. The molecule has 3 rings (SSSR count). The highest BCUT2D eigenvalue weighted by Crippen LogP contribution is 2.36. The van der Waals surface area contributed by atoms with E-state index in [1.165, 1.54) is 5.56 Å². The summed E-state index contributed by atoms with van der Waals surface area (Å²) in [6.07, 6.45) is 3.97. The van der Waals surface area contributed by atoms with E-state index in [1.54, 1.807) is 6.20 Å². The summed E-state index contributed by atoms with van der Waals surface area (Å²) in [7, 11) is 0. The monoisotopic (exact) mass is 277 g/mol. The fourth-order valence-electron chi connectivity index (χ4n) is 2.93. The molecule has 0 bridgehead atoms. The van der Waals surface area contributed by atoms with Crippen molar-refractivity contribution in [2.24, 2.45) is 0 Å². The molecule has 2 atom stereocenters. The van der Waals surface area contributed by atoms with E-state index < -0.39 is 6.10 Å². The number of hydrogen-bond donors (Lipinski definition) is 1. The van der Waals surface area contributed by atoms with Gasteiger partial charge in [-0.15, -0.1) is 0 Å². The second-order valence-corrected chi connectivity index (χ2v) is 5.32. The van der Waals surface area contributed by atoms with Crippen LogP contribution in [-0.2, 0) is 0 Å². The number of hydrogen-bond acceptors (Lipinski definition) is 2. The summed E-state index contributed by atoms with van der Waals surface area (Å²) in [5, 5.41) is 13.0. The Labute approximate surface area is 125 Å². The van der Waals surface area contributed by atoms with Gasteiger partial charge in [-0.2, -0.15) is 0 Å². The number of aliphatic hydroxyl groups is 1. The number of fused-ring (bicyclic) bond motifs is 1. The molecule has 0 aliphatic rings. The van der Waals surface area contributed by atoms with Crippen LogP contribution in [0.25, 0.3) is 10.8 Å². The summed E-state index contributed by atoms with van der Waals surface area (Å²) in [4.78, 5) is 4.28. The van der Waals surface area contributed by atoms with Crippen LogP contribution in [0.1, 0.15) is 36.5 Å². The zero-order valence-electron chi connectivity index (χ0n) is 12.1. The highest BCUT2D eigenvalue weighted by molar-refractivity contribution is 5.85. The molecule has 2 aromatic carbocycles. The Morgan fingerprint density at radius 3 is 2.43 bits per heavy atom. The molecule has 0 amide bonds. The molecular weight excluding hydrogens is 258 g/mol. The fourth-order valence-corrected chi connectivity index (χ4v) is 2.93. The number of aliphatic hydroxyl groups excluding tert-OH is 1. The van der Waals surface area contributed by atoms with Crippen molar-refractivity contribution in [3.05, 3.63) is 78.1 Å². The van der Waals surface area contributed by atoms with Crippen LogP contribution < -0.4 is 0 Å². The van der Waals surface area contributed by atoms with Crippen LogP contribution in [-0.4, -0.2) is 10.1 Å². The average Bonchev–Trinajstić information content (AvgIpc) is 2.56. The highest BCUT2D eigenvalue weighted by atomic mass is 16.3. The van der Waals surface area contributed by atoms with E-state index in [0.717, 1.165) is 22.8 Å². The largest absolute Gasteiger partial charge is 0.388 e. The first-order valence-electron chi connectivity index (χ1n) is 7.37. The van der Waals surface area contributed by atoms with Crippen LogP contribution in [0, 0.1) is 0 Å². The molecule has 2 heteroatoms.